The van der Waals surface area contributed by atoms with Crippen molar-refractivity contribution in [2.24, 2.45) is 0 Å². The Morgan fingerprint density at radius 1 is 1.12 bits per heavy atom. The van der Waals surface area contributed by atoms with E-state index >= 15 is 0 Å². The first kappa shape index (κ1) is 16.7. The maximum absolute atomic E-state index is 13.8. The van der Waals surface area contributed by atoms with Crippen LogP contribution in [0.5, 0.6) is 0 Å². The van der Waals surface area contributed by atoms with Gasteiger partial charge in [0, 0.05) is 18.1 Å². The van der Waals surface area contributed by atoms with Gasteiger partial charge in [0.25, 0.3) is 5.91 Å². The van der Waals surface area contributed by atoms with Crippen molar-refractivity contribution in [3.8, 4) is 0 Å². The van der Waals surface area contributed by atoms with E-state index in [0.717, 1.165) is 23.9 Å². The number of halogens is 3. The maximum atomic E-state index is 13.8. The molecule has 0 bridgehead atoms. The van der Waals surface area contributed by atoms with E-state index in [9.17, 15) is 13.6 Å². The summed E-state index contributed by atoms with van der Waals surface area (Å²) in [6, 6.07) is 7.83. The van der Waals surface area contributed by atoms with Gasteiger partial charge in [-0.25, -0.2) is 8.78 Å². The molecule has 1 saturated heterocycles. The number of nitrogens with one attached hydrogen (secondary N) is 1. The second-order valence-electron chi connectivity index (χ2n) is 5.34. The van der Waals surface area contributed by atoms with Crippen LogP contribution in [-0.2, 0) is 4.74 Å². The zero-order valence-electron chi connectivity index (χ0n) is 12.7. The molecule has 2 aromatic rings. The van der Waals surface area contributed by atoms with Crippen molar-refractivity contribution in [1.82, 2.24) is 0 Å². The number of rotatable bonds is 3. The van der Waals surface area contributed by atoms with Crippen molar-refractivity contribution in [2.75, 3.05) is 36.5 Å². The highest BCUT2D eigenvalue weighted by Crippen LogP contribution is 2.30. The minimum atomic E-state index is -0.788. The van der Waals surface area contributed by atoms with Crippen molar-refractivity contribution in [3.05, 3.63) is 58.6 Å². The molecule has 0 aliphatic carbocycles. The first-order valence-electron chi connectivity index (χ1n) is 7.43. The summed E-state index contributed by atoms with van der Waals surface area (Å²) in [6.07, 6.45) is 0. The number of nitrogens with zero attached hydrogens (tertiary/aromatic N) is 1. The van der Waals surface area contributed by atoms with Gasteiger partial charge < -0.3 is 15.0 Å². The third-order valence-corrected chi connectivity index (χ3v) is 3.97. The molecule has 0 aromatic heterocycles. The fourth-order valence-electron chi connectivity index (χ4n) is 2.55. The molecule has 1 N–H and O–H groups in total. The smallest absolute Gasteiger partial charge is 0.258 e. The third kappa shape index (κ3) is 3.66. The molecule has 0 atom stereocenters. The number of amides is 1. The van der Waals surface area contributed by atoms with Gasteiger partial charge in [-0.2, -0.15) is 0 Å². The Labute approximate surface area is 143 Å². The third-order valence-electron chi connectivity index (χ3n) is 3.73. The molecular weight excluding hydrogens is 338 g/mol. The van der Waals surface area contributed by atoms with Gasteiger partial charge in [-0.1, -0.05) is 11.6 Å². The molecule has 0 unspecified atom stereocenters. The first-order valence-corrected chi connectivity index (χ1v) is 7.81. The molecule has 3 rings (SSSR count). The minimum absolute atomic E-state index is 0.358. The molecule has 1 aliphatic heterocycles. The Balaban J connectivity index is 1.89. The number of ether oxygens (including phenoxy) is 1. The fraction of sp³-hybridized carbons (Fsp3) is 0.235. The van der Waals surface area contributed by atoms with Crippen LogP contribution < -0.4 is 10.2 Å². The maximum Gasteiger partial charge on any atom is 0.258 e. The minimum Gasteiger partial charge on any atom is -0.378 e. The molecule has 126 valence electrons. The molecular formula is C17H15ClF2N2O2. The van der Waals surface area contributed by atoms with Gasteiger partial charge >= 0.3 is 0 Å². The molecule has 0 radical (unpaired) electrons. The summed E-state index contributed by atoms with van der Waals surface area (Å²) in [7, 11) is 0. The van der Waals surface area contributed by atoms with Crippen LogP contribution in [-0.4, -0.2) is 32.2 Å². The van der Waals surface area contributed by atoms with Crippen LogP contribution in [0, 0.1) is 11.6 Å². The number of anilines is 2. The number of hydrogen-bond donors (Lipinski definition) is 1. The van der Waals surface area contributed by atoms with Crippen LogP contribution in [0.4, 0.5) is 20.2 Å². The Hall–Kier alpha value is -2.18. The highest BCUT2D eigenvalue weighted by atomic mass is 35.5. The van der Waals surface area contributed by atoms with Gasteiger partial charge in [-0.3, -0.25) is 4.79 Å². The summed E-state index contributed by atoms with van der Waals surface area (Å²) in [4.78, 5) is 14.4. The quantitative estimate of drug-likeness (QED) is 0.915. The zero-order chi connectivity index (χ0) is 17.1. The Morgan fingerprint density at radius 2 is 1.88 bits per heavy atom. The van der Waals surface area contributed by atoms with Crippen molar-refractivity contribution < 1.29 is 18.3 Å². The Kier molecular flexibility index (Phi) is 4.97. The van der Waals surface area contributed by atoms with E-state index in [-0.39, 0.29) is 5.56 Å². The average Bonchev–Trinajstić information content (AvgIpc) is 2.58. The monoisotopic (exact) mass is 352 g/mol. The van der Waals surface area contributed by atoms with Crippen LogP contribution >= 0.6 is 11.6 Å². The van der Waals surface area contributed by atoms with Crippen LogP contribution in [0.1, 0.15) is 10.4 Å². The lowest BCUT2D eigenvalue weighted by molar-refractivity contribution is 0.102. The summed E-state index contributed by atoms with van der Waals surface area (Å²) in [5.74, 6) is -2.20. The molecule has 2 aromatic carbocycles. The zero-order valence-corrected chi connectivity index (χ0v) is 13.4. The molecule has 0 spiro atoms. The molecule has 1 heterocycles. The van der Waals surface area contributed by atoms with Gasteiger partial charge in [0.15, 0.2) is 0 Å². The van der Waals surface area contributed by atoms with Crippen molar-refractivity contribution in [2.45, 2.75) is 0 Å². The van der Waals surface area contributed by atoms with Gasteiger partial charge in [0.2, 0.25) is 0 Å². The number of morpholine rings is 1. The van der Waals surface area contributed by atoms with E-state index in [2.05, 4.69) is 5.32 Å². The van der Waals surface area contributed by atoms with E-state index < -0.39 is 17.5 Å². The average molecular weight is 353 g/mol. The second-order valence-corrected chi connectivity index (χ2v) is 5.78. The highest BCUT2D eigenvalue weighted by molar-refractivity contribution is 6.31. The summed E-state index contributed by atoms with van der Waals surface area (Å²) in [5, 5.41) is 3.05. The number of carbonyl (C=O) groups is 1. The summed E-state index contributed by atoms with van der Waals surface area (Å²) < 4.78 is 32.4. The van der Waals surface area contributed by atoms with Crippen LogP contribution in [0.2, 0.25) is 5.02 Å². The second kappa shape index (κ2) is 7.15. The summed E-state index contributed by atoms with van der Waals surface area (Å²) >= 11 is 6.01. The Morgan fingerprint density at radius 3 is 2.62 bits per heavy atom. The molecule has 0 saturated carbocycles. The lowest BCUT2D eigenvalue weighted by Gasteiger charge is -2.30. The lowest BCUT2D eigenvalue weighted by Crippen LogP contribution is -2.36. The van der Waals surface area contributed by atoms with Gasteiger partial charge in [0.1, 0.15) is 11.6 Å². The number of benzene rings is 2. The largest absolute Gasteiger partial charge is 0.378 e. The van der Waals surface area contributed by atoms with E-state index in [1.807, 2.05) is 4.90 Å². The number of hydrogen-bond acceptors (Lipinski definition) is 3. The fourth-order valence-corrected chi connectivity index (χ4v) is 2.72. The van der Waals surface area contributed by atoms with Crippen LogP contribution in [0.3, 0.4) is 0 Å². The predicted octanol–water partition coefficient (Wildman–Crippen LogP) is 3.71. The standard InChI is InChI=1S/C17H15ClF2N2O2/c18-11-1-4-16(22-5-7-24-8-6-22)15(9-11)21-17(23)13-10-12(19)2-3-14(13)20/h1-4,9-10H,5-8H2,(H,21,23). The van der Waals surface area contributed by atoms with Gasteiger partial charge in [0.05, 0.1) is 30.2 Å². The molecule has 24 heavy (non-hydrogen) atoms. The molecule has 4 nitrogen and oxygen atoms in total. The van der Waals surface area contributed by atoms with Gasteiger partial charge in [-0.05, 0) is 36.4 Å². The van der Waals surface area contributed by atoms with E-state index in [1.165, 1.54) is 0 Å². The summed E-state index contributed by atoms with van der Waals surface area (Å²) in [5.41, 5.74) is 0.842. The van der Waals surface area contributed by atoms with Crippen LogP contribution in [0.25, 0.3) is 0 Å². The number of carbonyl (C=O) groups excluding carboxylic acids is 1. The molecule has 1 amide bonds. The van der Waals surface area contributed by atoms with Crippen molar-refractivity contribution >= 4 is 28.9 Å². The van der Waals surface area contributed by atoms with E-state index in [0.29, 0.717) is 37.0 Å². The predicted molar refractivity (Wildman–Crippen MR) is 88.8 cm³/mol. The van der Waals surface area contributed by atoms with Gasteiger partial charge in [-0.15, -0.1) is 0 Å². The molecule has 1 aliphatic rings. The highest BCUT2D eigenvalue weighted by Gasteiger charge is 2.19. The SMILES string of the molecule is O=C(Nc1cc(Cl)ccc1N1CCOCC1)c1cc(F)ccc1F. The first-order chi connectivity index (χ1) is 11.5. The van der Waals surface area contributed by atoms with E-state index in [1.54, 1.807) is 18.2 Å². The normalized spacial score (nSPS) is 14.5. The molecule has 1 fully saturated rings. The van der Waals surface area contributed by atoms with Crippen LogP contribution in [0.15, 0.2) is 36.4 Å². The Bertz CT molecular complexity index is 764. The van der Waals surface area contributed by atoms with E-state index in [4.69, 9.17) is 16.3 Å². The van der Waals surface area contributed by atoms with Crippen molar-refractivity contribution in [1.29, 1.82) is 0 Å². The van der Waals surface area contributed by atoms with Crippen molar-refractivity contribution in [3.63, 3.8) is 0 Å². The summed E-state index contributed by atoms with van der Waals surface area (Å²) in [6.45, 7) is 2.49. The lowest BCUT2D eigenvalue weighted by atomic mass is 10.1. The molecule has 7 heteroatoms. The topological polar surface area (TPSA) is 41.6 Å².